The maximum absolute atomic E-state index is 13.4. The molecule has 11 nitrogen and oxygen atoms in total. The monoisotopic (exact) mass is 824 g/mol. The molecule has 1 atom stereocenters. The Labute approximate surface area is 291 Å². The molecule has 0 unspecified atom stereocenters. The molecule has 0 spiro atoms. The van der Waals surface area contributed by atoms with Crippen LogP contribution in [0.3, 0.4) is 0 Å². The van der Waals surface area contributed by atoms with Crippen molar-refractivity contribution in [3.05, 3.63) is 40.7 Å². The van der Waals surface area contributed by atoms with Gasteiger partial charge in [0.05, 0.1) is 5.02 Å². The van der Waals surface area contributed by atoms with Gasteiger partial charge in [-0.3, -0.25) is 4.79 Å². The van der Waals surface area contributed by atoms with Gasteiger partial charge in [-0.05, 0) is 36.1 Å². The summed E-state index contributed by atoms with van der Waals surface area (Å²) in [5.74, 6) is -21.0. The number of carboxylic acids is 5. The van der Waals surface area contributed by atoms with E-state index in [2.05, 4.69) is 0 Å². The lowest BCUT2D eigenvalue weighted by Gasteiger charge is -2.45. The van der Waals surface area contributed by atoms with Crippen LogP contribution in [0.4, 0.5) is 61.5 Å². The smallest absolute Gasteiger partial charge is 0.459 e. The van der Waals surface area contributed by atoms with Crippen LogP contribution in [0.1, 0.15) is 32.3 Å². The Morgan fingerprint density at radius 1 is 0.736 bits per heavy atom. The van der Waals surface area contributed by atoms with Crippen LogP contribution in [0.5, 0.6) is 0 Å². The number of aliphatic hydroxyl groups excluding tert-OH is 1. The highest BCUT2D eigenvalue weighted by Gasteiger charge is 2.91. The van der Waals surface area contributed by atoms with Crippen molar-refractivity contribution in [2.75, 3.05) is 0 Å². The number of aliphatic hydroxyl groups is 1. The summed E-state index contributed by atoms with van der Waals surface area (Å²) in [6, 6.07) is 3.76. The van der Waals surface area contributed by atoms with Gasteiger partial charge in [-0.15, -0.1) is 0 Å². The maximum Gasteiger partial charge on any atom is 0.459 e. The molecule has 1 rings (SSSR count). The third kappa shape index (κ3) is 16.1. The van der Waals surface area contributed by atoms with Crippen LogP contribution in [-0.2, 0) is 24.0 Å². The quantitative estimate of drug-likeness (QED) is 0.0887. The highest BCUT2D eigenvalue weighted by atomic mass is 35.5. The molecule has 0 saturated heterocycles. The first kappa shape index (κ1) is 52.5. The first-order valence-electron chi connectivity index (χ1n) is 12.9. The standard InChI is InChI=1S/C9H6ClFO2.C9H5F13O2.C5H10O3.C4H2O4/c10-8-5-7(11)3-1-6(8)2-4-9(12)13;10-5(11,6(12,13)9(20,21)22)4(7(14,15)16,8(17,18)19)2-1-3(23)24;1-3(2)4(6)5(7)8;5-3(6)1-2-4(7)8/h1-5H,(H,12,13);1-2H2,(H,23,24);3-4,6H,1-2H3,(H,7,8);(H,5,6)(H,7,8)/t;;4-;/m..1./s1. The fourth-order valence-electron chi connectivity index (χ4n) is 2.89. The van der Waals surface area contributed by atoms with E-state index in [0.717, 1.165) is 12.1 Å². The lowest BCUT2D eigenvalue weighted by Crippen LogP contribution is -2.70. The summed E-state index contributed by atoms with van der Waals surface area (Å²) < 4.78 is 176. The average Bonchev–Trinajstić information content (AvgIpc) is 2.93. The molecule has 0 bridgehead atoms. The number of alkyl halides is 13. The van der Waals surface area contributed by atoms with Gasteiger partial charge in [0.15, 0.2) is 6.10 Å². The van der Waals surface area contributed by atoms with Crippen molar-refractivity contribution >= 4 is 47.5 Å². The van der Waals surface area contributed by atoms with Gasteiger partial charge in [-0.25, -0.2) is 23.6 Å². The van der Waals surface area contributed by atoms with Crippen molar-refractivity contribution in [2.24, 2.45) is 11.3 Å². The minimum absolute atomic E-state index is 0.192. The lowest BCUT2D eigenvalue weighted by molar-refractivity contribution is -0.461. The zero-order chi connectivity index (χ0) is 43.1. The molecule has 0 saturated carbocycles. The topological polar surface area (TPSA) is 207 Å². The lowest BCUT2D eigenvalue weighted by atomic mass is 9.72. The number of benzene rings is 1. The molecule has 1 aromatic carbocycles. The van der Waals surface area contributed by atoms with Crippen molar-refractivity contribution in [1.82, 2.24) is 0 Å². The first-order valence-corrected chi connectivity index (χ1v) is 13.2. The van der Waals surface area contributed by atoms with Crippen LogP contribution < -0.4 is 0 Å². The number of carbonyl (C=O) groups is 5. The molecule has 0 amide bonds. The van der Waals surface area contributed by atoms with Crippen molar-refractivity contribution in [1.29, 1.82) is 0 Å². The molecular formula is C27H23ClF14O11. The van der Waals surface area contributed by atoms with Crippen LogP contribution in [0.2, 0.25) is 5.02 Å². The van der Waals surface area contributed by atoms with Crippen LogP contribution in [0.15, 0.2) is 24.3 Å². The van der Waals surface area contributed by atoms with Gasteiger partial charge in [0.25, 0.3) is 0 Å². The van der Waals surface area contributed by atoms with Crippen molar-refractivity contribution in [3.8, 4) is 11.8 Å². The number of carboxylic acid groups (broad SMARTS) is 5. The van der Waals surface area contributed by atoms with Gasteiger partial charge in [0.2, 0.25) is 5.41 Å². The minimum atomic E-state index is -7.77. The van der Waals surface area contributed by atoms with Gasteiger partial charge in [0, 0.05) is 24.3 Å². The minimum Gasteiger partial charge on any atom is -0.481 e. The van der Waals surface area contributed by atoms with Crippen LogP contribution in [0, 0.1) is 29.0 Å². The fraction of sp³-hybridized carbons (Fsp3) is 0.444. The number of halogens is 15. The molecule has 1 aromatic rings. The third-order valence-electron chi connectivity index (χ3n) is 5.50. The largest absolute Gasteiger partial charge is 0.481 e. The van der Waals surface area contributed by atoms with Crippen molar-refractivity contribution in [2.45, 2.75) is 63.2 Å². The van der Waals surface area contributed by atoms with E-state index in [4.69, 9.17) is 42.2 Å². The number of hydrogen-bond acceptors (Lipinski definition) is 6. The molecule has 0 aliphatic carbocycles. The molecule has 0 aliphatic heterocycles. The van der Waals surface area contributed by atoms with Crippen LogP contribution >= 0.6 is 11.6 Å². The highest BCUT2D eigenvalue weighted by Crippen LogP contribution is 2.67. The fourth-order valence-corrected chi connectivity index (χ4v) is 3.12. The average molecular weight is 825 g/mol. The Hall–Kier alpha value is -4.86. The molecule has 0 aliphatic rings. The second kappa shape index (κ2) is 20.4. The normalized spacial score (nSPS) is 12.7. The maximum atomic E-state index is 13.4. The second-order valence-electron chi connectivity index (χ2n) is 9.67. The summed E-state index contributed by atoms with van der Waals surface area (Å²) in [4.78, 5) is 49.1. The second-order valence-corrected chi connectivity index (χ2v) is 10.1. The van der Waals surface area contributed by atoms with E-state index in [-0.39, 0.29) is 10.9 Å². The van der Waals surface area contributed by atoms with E-state index < -0.39 is 90.4 Å². The van der Waals surface area contributed by atoms with Crippen molar-refractivity contribution in [3.63, 3.8) is 0 Å². The predicted molar refractivity (Wildman–Crippen MR) is 147 cm³/mol. The molecule has 53 heavy (non-hydrogen) atoms. The van der Waals surface area contributed by atoms with E-state index in [1.807, 2.05) is 0 Å². The van der Waals surface area contributed by atoms with E-state index >= 15 is 0 Å². The molecular weight excluding hydrogens is 802 g/mol. The Kier molecular flexibility index (Phi) is 20.2. The summed E-state index contributed by atoms with van der Waals surface area (Å²) in [7, 11) is 0. The molecule has 0 radical (unpaired) electrons. The van der Waals surface area contributed by atoms with Crippen LogP contribution in [-0.4, -0.2) is 97.0 Å². The predicted octanol–water partition coefficient (Wildman–Crippen LogP) is 6.62. The summed E-state index contributed by atoms with van der Waals surface area (Å²) in [6.45, 7) is 3.30. The Bertz CT molecular complexity index is 1490. The summed E-state index contributed by atoms with van der Waals surface area (Å²) in [5.41, 5.74) is -6.46. The van der Waals surface area contributed by atoms with Gasteiger partial charge >= 0.3 is 60.2 Å². The zero-order valence-electron chi connectivity index (χ0n) is 25.8. The van der Waals surface area contributed by atoms with Gasteiger partial charge in [0.1, 0.15) is 5.82 Å². The molecule has 26 heteroatoms. The van der Waals surface area contributed by atoms with Gasteiger partial charge in [-0.2, -0.15) is 57.1 Å². The summed E-state index contributed by atoms with van der Waals surface area (Å²) >= 11 is 5.63. The van der Waals surface area contributed by atoms with E-state index in [1.165, 1.54) is 30.0 Å². The SMILES string of the molecule is CC(C)[C@@H](O)C(=O)O.O=C(O)C#CC(=O)O.O=C(O)C=Cc1ccc(F)cc1Cl.O=C(O)CCC(C(F)(F)F)(C(F)(F)F)C(F)(F)C(F)(F)C(F)(F)F. The zero-order valence-corrected chi connectivity index (χ0v) is 26.6. The summed E-state index contributed by atoms with van der Waals surface area (Å²) in [6.07, 6.45) is -26.9. The number of aliphatic carboxylic acids is 5. The van der Waals surface area contributed by atoms with E-state index in [1.54, 1.807) is 13.8 Å². The van der Waals surface area contributed by atoms with E-state index in [0.29, 0.717) is 5.56 Å². The Morgan fingerprint density at radius 3 is 1.40 bits per heavy atom. The molecule has 6 N–H and O–H groups in total. The Morgan fingerprint density at radius 2 is 1.15 bits per heavy atom. The Balaban J connectivity index is -0.000000715. The first-order chi connectivity index (χ1) is 23.4. The third-order valence-corrected chi connectivity index (χ3v) is 5.82. The molecule has 0 aromatic heterocycles. The van der Waals surface area contributed by atoms with Crippen molar-refractivity contribution < 1.29 is 116 Å². The van der Waals surface area contributed by atoms with E-state index in [9.17, 15) is 85.4 Å². The van der Waals surface area contributed by atoms with Gasteiger partial charge in [-0.1, -0.05) is 31.5 Å². The number of rotatable bonds is 9. The number of hydrogen-bond donors (Lipinski definition) is 6. The van der Waals surface area contributed by atoms with Crippen LogP contribution in [0.25, 0.3) is 6.08 Å². The molecule has 0 fully saturated rings. The molecule has 0 heterocycles. The molecule has 302 valence electrons. The summed E-state index contributed by atoms with van der Waals surface area (Å²) in [5, 5.41) is 48.7. The van der Waals surface area contributed by atoms with Gasteiger partial charge < -0.3 is 30.6 Å². The highest BCUT2D eigenvalue weighted by molar-refractivity contribution is 6.32.